The van der Waals surface area contributed by atoms with Gasteiger partial charge in [-0.2, -0.15) is 0 Å². The topological polar surface area (TPSA) is 44.8 Å². The molecule has 0 radical (unpaired) electrons. The summed E-state index contributed by atoms with van der Waals surface area (Å²) in [6, 6.07) is 4.31. The van der Waals surface area contributed by atoms with Crippen LogP contribution in [0.25, 0.3) is 0 Å². The minimum absolute atomic E-state index is 0.0737. The van der Waals surface area contributed by atoms with E-state index in [-0.39, 0.29) is 30.9 Å². The number of halogens is 2. The number of hydrogen-bond acceptors (Lipinski definition) is 4. The van der Waals surface area contributed by atoms with Crippen molar-refractivity contribution in [1.82, 2.24) is 0 Å². The van der Waals surface area contributed by atoms with Crippen LogP contribution in [0.1, 0.15) is 96.3 Å². The van der Waals surface area contributed by atoms with Crippen molar-refractivity contribution in [3.63, 3.8) is 0 Å². The zero-order chi connectivity index (χ0) is 24.1. The number of carbonyl (C=O) groups excluding carboxylic acids is 1. The SMILES string of the molecule is CCCC1(F)COC(c2ccc(OC(=O)C3CCC(C4CCC(CC)CC4)CC3)c(F)c2)OC1. The van der Waals surface area contributed by atoms with Crippen molar-refractivity contribution in [1.29, 1.82) is 0 Å². The molecule has 190 valence electrons. The van der Waals surface area contributed by atoms with Gasteiger partial charge in [0.05, 0.1) is 19.1 Å². The van der Waals surface area contributed by atoms with Crippen molar-refractivity contribution < 1.29 is 27.8 Å². The van der Waals surface area contributed by atoms with Crippen molar-refractivity contribution in [3.8, 4) is 5.75 Å². The highest BCUT2D eigenvalue weighted by Gasteiger charge is 2.37. The van der Waals surface area contributed by atoms with Crippen LogP contribution in [0.2, 0.25) is 0 Å². The Morgan fingerprint density at radius 2 is 1.62 bits per heavy atom. The minimum atomic E-state index is -1.49. The van der Waals surface area contributed by atoms with Crippen LogP contribution in [0, 0.1) is 29.5 Å². The van der Waals surface area contributed by atoms with E-state index in [0.29, 0.717) is 24.3 Å². The first-order chi connectivity index (χ1) is 16.4. The lowest BCUT2D eigenvalue weighted by Gasteiger charge is -2.37. The fraction of sp³-hybridized carbons (Fsp3) is 0.750. The number of esters is 1. The van der Waals surface area contributed by atoms with Gasteiger partial charge < -0.3 is 14.2 Å². The molecule has 4 nitrogen and oxygen atoms in total. The summed E-state index contributed by atoms with van der Waals surface area (Å²) in [4.78, 5) is 12.7. The van der Waals surface area contributed by atoms with E-state index < -0.39 is 17.8 Å². The van der Waals surface area contributed by atoms with E-state index in [1.54, 1.807) is 6.07 Å². The van der Waals surface area contributed by atoms with Gasteiger partial charge in [0.25, 0.3) is 0 Å². The van der Waals surface area contributed by atoms with Crippen LogP contribution in [0.5, 0.6) is 5.75 Å². The van der Waals surface area contributed by atoms with Crippen molar-refractivity contribution in [2.24, 2.45) is 23.7 Å². The molecule has 0 bridgehead atoms. The lowest BCUT2D eigenvalue weighted by Crippen LogP contribution is -2.41. The first-order valence-electron chi connectivity index (χ1n) is 13.3. The maximum absolute atomic E-state index is 14.7. The molecule has 1 aromatic carbocycles. The summed E-state index contributed by atoms with van der Waals surface area (Å²) in [6.45, 7) is 4.05. The summed E-state index contributed by atoms with van der Waals surface area (Å²) in [5.41, 5.74) is -1.04. The molecule has 1 saturated heterocycles. The van der Waals surface area contributed by atoms with Gasteiger partial charge in [-0.15, -0.1) is 0 Å². The highest BCUT2D eigenvalue weighted by atomic mass is 19.1. The Morgan fingerprint density at radius 1 is 1.00 bits per heavy atom. The molecule has 3 aliphatic rings. The predicted molar refractivity (Wildman–Crippen MR) is 127 cm³/mol. The van der Waals surface area contributed by atoms with E-state index in [4.69, 9.17) is 14.2 Å². The molecular formula is C28H40F2O4. The van der Waals surface area contributed by atoms with E-state index >= 15 is 0 Å². The third-order valence-electron chi connectivity index (χ3n) is 8.36. The van der Waals surface area contributed by atoms with E-state index in [9.17, 15) is 13.6 Å². The molecule has 0 amide bonds. The quantitative estimate of drug-likeness (QED) is 0.304. The number of benzene rings is 1. The van der Waals surface area contributed by atoms with Crippen molar-refractivity contribution >= 4 is 5.97 Å². The molecular weight excluding hydrogens is 438 g/mol. The van der Waals surface area contributed by atoms with Crippen molar-refractivity contribution in [3.05, 3.63) is 29.6 Å². The van der Waals surface area contributed by atoms with Gasteiger partial charge in [0, 0.05) is 5.56 Å². The lowest BCUT2D eigenvalue weighted by molar-refractivity contribution is -0.239. The summed E-state index contributed by atoms with van der Waals surface area (Å²) in [5.74, 6) is 1.21. The summed E-state index contributed by atoms with van der Waals surface area (Å²) >= 11 is 0. The average molecular weight is 479 g/mol. The second kappa shape index (κ2) is 11.5. The van der Waals surface area contributed by atoms with Gasteiger partial charge in [-0.1, -0.05) is 45.6 Å². The van der Waals surface area contributed by atoms with Gasteiger partial charge in [-0.05, 0) is 74.8 Å². The van der Waals surface area contributed by atoms with Crippen LogP contribution in [0.15, 0.2) is 18.2 Å². The molecule has 1 aliphatic heterocycles. The molecule has 2 aliphatic carbocycles. The van der Waals surface area contributed by atoms with E-state index in [0.717, 1.165) is 37.5 Å². The van der Waals surface area contributed by atoms with Crippen molar-refractivity contribution in [2.45, 2.75) is 96.4 Å². The summed E-state index contributed by atoms with van der Waals surface area (Å²) < 4.78 is 45.7. The molecule has 6 heteroatoms. The van der Waals surface area contributed by atoms with Crippen LogP contribution in [0.3, 0.4) is 0 Å². The molecule has 0 N–H and O–H groups in total. The van der Waals surface area contributed by atoms with E-state index in [2.05, 4.69) is 6.92 Å². The number of ether oxygens (including phenoxy) is 3. The normalized spacial score (nSPS) is 34.5. The number of rotatable bonds is 7. The predicted octanol–water partition coefficient (Wildman–Crippen LogP) is 7.31. The third-order valence-corrected chi connectivity index (χ3v) is 8.36. The maximum Gasteiger partial charge on any atom is 0.314 e. The number of alkyl halides is 1. The van der Waals surface area contributed by atoms with Gasteiger partial charge >= 0.3 is 5.97 Å². The Kier molecular flexibility index (Phi) is 8.62. The molecule has 1 heterocycles. The Labute approximate surface area is 202 Å². The molecule has 2 saturated carbocycles. The van der Waals surface area contributed by atoms with Crippen LogP contribution in [0.4, 0.5) is 8.78 Å². The molecule has 0 spiro atoms. The highest BCUT2D eigenvalue weighted by molar-refractivity contribution is 5.75. The molecule has 3 fully saturated rings. The Bertz CT molecular complexity index is 805. The third kappa shape index (κ3) is 6.17. The van der Waals surface area contributed by atoms with Crippen LogP contribution in [-0.2, 0) is 14.3 Å². The van der Waals surface area contributed by atoms with Gasteiger partial charge in [0.2, 0.25) is 0 Å². The first-order valence-corrected chi connectivity index (χ1v) is 13.3. The monoisotopic (exact) mass is 478 g/mol. The zero-order valence-electron chi connectivity index (χ0n) is 20.7. The fourth-order valence-electron chi connectivity index (χ4n) is 6.16. The molecule has 0 atom stereocenters. The second-order valence-corrected chi connectivity index (χ2v) is 10.8. The Balaban J connectivity index is 1.25. The average Bonchev–Trinajstić information content (AvgIpc) is 2.86. The minimum Gasteiger partial charge on any atom is -0.423 e. The van der Waals surface area contributed by atoms with Crippen LogP contribution in [-0.4, -0.2) is 24.9 Å². The summed E-state index contributed by atoms with van der Waals surface area (Å²) in [7, 11) is 0. The Hall–Kier alpha value is -1.53. The number of hydrogen-bond donors (Lipinski definition) is 0. The summed E-state index contributed by atoms with van der Waals surface area (Å²) in [6.07, 6.45) is 10.7. The van der Waals surface area contributed by atoms with Crippen LogP contribution < -0.4 is 4.74 Å². The maximum atomic E-state index is 14.7. The Morgan fingerprint density at radius 3 is 2.18 bits per heavy atom. The second-order valence-electron chi connectivity index (χ2n) is 10.8. The van der Waals surface area contributed by atoms with Gasteiger partial charge in [0.1, 0.15) is 0 Å². The van der Waals surface area contributed by atoms with Crippen molar-refractivity contribution in [2.75, 3.05) is 13.2 Å². The van der Waals surface area contributed by atoms with Gasteiger partial charge in [-0.25, -0.2) is 8.78 Å². The highest BCUT2D eigenvalue weighted by Crippen LogP contribution is 2.42. The number of carbonyl (C=O) groups is 1. The van der Waals surface area contributed by atoms with E-state index in [1.165, 1.54) is 44.2 Å². The first kappa shape index (κ1) is 25.6. The molecule has 0 unspecified atom stereocenters. The van der Waals surface area contributed by atoms with Gasteiger partial charge in [0.15, 0.2) is 23.5 Å². The standard InChI is InChI=1S/C28H40F2O4/c1-3-15-28(30)17-32-27(33-18-28)23-13-14-25(24(29)16-23)34-26(31)22-11-9-21(10-12-22)20-7-5-19(4-2)6-8-20/h13-14,16,19-22,27H,3-12,15,17-18H2,1-2H3. The molecule has 1 aromatic rings. The zero-order valence-corrected chi connectivity index (χ0v) is 20.7. The summed E-state index contributed by atoms with van der Waals surface area (Å²) in [5, 5.41) is 0. The van der Waals surface area contributed by atoms with Crippen LogP contribution >= 0.6 is 0 Å². The lowest BCUT2D eigenvalue weighted by atomic mass is 9.69. The molecule has 34 heavy (non-hydrogen) atoms. The van der Waals surface area contributed by atoms with E-state index in [1.807, 2.05) is 6.92 Å². The smallest absolute Gasteiger partial charge is 0.314 e. The van der Waals surface area contributed by atoms with Gasteiger partial charge in [-0.3, -0.25) is 4.79 Å². The molecule has 0 aromatic heterocycles. The largest absolute Gasteiger partial charge is 0.423 e. The fourth-order valence-corrected chi connectivity index (χ4v) is 6.16. The molecule has 4 rings (SSSR count).